The maximum Gasteiger partial charge on any atom is 0.338 e. The quantitative estimate of drug-likeness (QED) is 0.206. The predicted octanol–water partition coefficient (Wildman–Crippen LogP) is 4.59. The smallest absolute Gasteiger partial charge is 0.338 e. The molecule has 31 heavy (non-hydrogen) atoms. The van der Waals surface area contributed by atoms with Crippen molar-refractivity contribution in [2.75, 3.05) is 0 Å². The summed E-state index contributed by atoms with van der Waals surface area (Å²) >= 11 is 0. The minimum atomic E-state index is -2.30. The molecule has 1 saturated heterocycles. The van der Waals surface area contributed by atoms with Crippen LogP contribution in [-0.4, -0.2) is 50.9 Å². The summed E-state index contributed by atoms with van der Waals surface area (Å²) in [6.07, 6.45) is -3.65. The number of esters is 2. The summed E-state index contributed by atoms with van der Waals surface area (Å²) in [5.74, 6) is -1.26. The predicted molar refractivity (Wildman–Crippen MR) is 117 cm³/mol. The number of nitrogens with zero attached hydrogens (tertiary/aromatic N) is 3. The number of carbonyl (C=O) groups is 2. The molecular formula is C21H31N3O6Si. The van der Waals surface area contributed by atoms with E-state index in [0.717, 1.165) is 0 Å². The van der Waals surface area contributed by atoms with Crippen LogP contribution in [0, 0.1) is 0 Å². The van der Waals surface area contributed by atoms with Crippen molar-refractivity contribution in [3.8, 4) is 0 Å². The van der Waals surface area contributed by atoms with Gasteiger partial charge in [-0.15, -0.1) is 0 Å². The summed E-state index contributed by atoms with van der Waals surface area (Å²) in [5, 5.41) is 3.78. The molecular weight excluding hydrogens is 418 g/mol. The van der Waals surface area contributed by atoms with E-state index in [1.54, 1.807) is 37.3 Å². The minimum absolute atomic E-state index is 0.115. The van der Waals surface area contributed by atoms with E-state index >= 15 is 0 Å². The zero-order chi connectivity index (χ0) is 23.4. The Morgan fingerprint density at radius 1 is 1.13 bits per heavy atom. The normalized spacial score (nSPS) is 26.5. The standard InChI is InChI=1S/C21H31N3O6Si/c1-13-17(30-31(6,7)21(3,4)5)16(23-24-22)18(20(27-13)28-14(2)25)29-19(26)15-11-9-8-10-12-15/h8-13,16-18,20H,1-7H3/t13-,16+,17-,18-,20?/m1/s1. The maximum atomic E-state index is 12.7. The van der Waals surface area contributed by atoms with Gasteiger partial charge in [0, 0.05) is 11.8 Å². The zero-order valence-electron chi connectivity index (χ0n) is 19.1. The van der Waals surface area contributed by atoms with Crippen LogP contribution in [0.3, 0.4) is 0 Å². The molecule has 0 spiro atoms. The van der Waals surface area contributed by atoms with Gasteiger partial charge in [-0.3, -0.25) is 4.79 Å². The Balaban J connectivity index is 2.42. The average Bonchev–Trinajstić information content (AvgIpc) is 2.66. The summed E-state index contributed by atoms with van der Waals surface area (Å²) in [7, 11) is -2.30. The van der Waals surface area contributed by atoms with Gasteiger partial charge in [0.15, 0.2) is 14.4 Å². The molecule has 1 aromatic carbocycles. The molecule has 0 amide bonds. The van der Waals surface area contributed by atoms with Crippen LogP contribution < -0.4 is 0 Å². The largest absolute Gasteiger partial charge is 0.452 e. The molecule has 0 saturated carbocycles. The van der Waals surface area contributed by atoms with Gasteiger partial charge in [-0.2, -0.15) is 0 Å². The number of benzene rings is 1. The molecule has 10 heteroatoms. The lowest BCUT2D eigenvalue weighted by Crippen LogP contribution is -2.62. The first-order valence-corrected chi connectivity index (χ1v) is 13.1. The summed E-state index contributed by atoms with van der Waals surface area (Å²) < 4.78 is 23.3. The number of hydrogen-bond acceptors (Lipinski definition) is 7. The average molecular weight is 450 g/mol. The van der Waals surface area contributed by atoms with E-state index in [-0.39, 0.29) is 5.04 Å². The Hall–Kier alpha value is -2.39. The lowest BCUT2D eigenvalue weighted by atomic mass is 9.97. The molecule has 170 valence electrons. The van der Waals surface area contributed by atoms with E-state index in [9.17, 15) is 15.1 Å². The second-order valence-electron chi connectivity index (χ2n) is 9.09. The second kappa shape index (κ2) is 9.82. The first-order chi connectivity index (χ1) is 14.4. The number of rotatable bonds is 6. The molecule has 0 aromatic heterocycles. The van der Waals surface area contributed by atoms with E-state index in [0.29, 0.717) is 5.56 Å². The van der Waals surface area contributed by atoms with E-state index < -0.39 is 50.9 Å². The highest BCUT2D eigenvalue weighted by atomic mass is 28.4. The van der Waals surface area contributed by atoms with Gasteiger partial charge < -0.3 is 18.6 Å². The molecule has 1 aliphatic heterocycles. The van der Waals surface area contributed by atoms with Gasteiger partial charge >= 0.3 is 11.9 Å². The molecule has 2 rings (SSSR count). The van der Waals surface area contributed by atoms with Crippen LogP contribution in [0.4, 0.5) is 0 Å². The fourth-order valence-electron chi connectivity index (χ4n) is 3.02. The molecule has 0 radical (unpaired) electrons. The highest BCUT2D eigenvalue weighted by molar-refractivity contribution is 6.74. The Morgan fingerprint density at radius 3 is 2.26 bits per heavy atom. The van der Waals surface area contributed by atoms with Crippen molar-refractivity contribution in [3.05, 3.63) is 46.3 Å². The third kappa shape index (κ3) is 6.07. The Kier molecular flexibility index (Phi) is 7.88. The van der Waals surface area contributed by atoms with Gasteiger partial charge in [-0.25, -0.2) is 4.79 Å². The van der Waals surface area contributed by atoms with E-state index in [1.165, 1.54) is 6.92 Å². The summed E-state index contributed by atoms with van der Waals surface area (Å²) in [5.41, 5.74) is 9.55. The van der Waals surface area contributed by atoms with Gasteiger partial charge in [-0.05, 0) is 42.7 Å². The van der Waals surface area contributed by atoms with Crippen LogP contribution in [-0.2, 0) is 23.4 Å². The number of hydrogen-bond donors (Lipinski definition) is 0. The molecule has 1 unspecified atom stereocenters. The molecule has 0 bridgehead atoms. The third-order valence-electron chi connectivity index (χ3n) is 5.71. The van der Waals surface area contributed by atoms with Crippen LogP contribution in [0.5, 0.6) is 0 Å². The topological polar surface area (TPSA) is 120 Å². The van der Waals surface area contributed by atoms with E-state index in [1.807, 2.05) is 0 Å². The second-order valence-corrected chi connectivity index (χ2v) is 13.8. The van der Waals surface area contributed by atoms with E-state index in [4.69, 9.17) is 18.6 Å². The summed E-state index contributed by atoms with van der Waals surface area (Å²) in [4.78, 5) is 27.4. The third-order valence-corrected chi connectivity index (χ3v) is 10.2. The van der Waals surface area contributed by atoms with Crippen molar-refractivity contribution in [3.63, 3.8) is 0 Å². The maximum absolute atomic E-state index is 12.7. The molecule has 1 fully saturated rings. The Morgan fingerprint density at radius 2 is 1.74 bits per heavy atom. The van der Waals surface area contributed by atoms with Crippen molar-refractivity contribution in [1.29, 1.82) is 0 Å². The number of azide groups is 1. The molecule has 0 N–H and O–H groups in total. The lowest BCUT2D eigenvalue weighted by molar-refractivity contribution is -0.256. The van der Waals surface area contributed by atoms with Gasteiger partial charge in [0.2, 0.25) is 6.29 Å². The van der Waals surface area contributed by atoms with Gasteiger partial charge in [-0.1, -0.05) is 44.1 Å². The van der Waals surface area contributed by atoms with Crippen molar-refractivity contribution < 1.29 is 28.2 Å². The van der Waals surface area contributed by atoms with Crippen LogP contribution in [0.15, 0.2) is 35.4 Å². The minimum Gasteiger partial charge on any atom is -0.452 e. The fraction of sp³-hybridized carbons (Fsp3) is 0.619. The summed E-state index contributed by atoms with van der Waals surface area (Å²) in [6.45, 7) is 13.4. The van der Waals surface area contributed by atoms with Crippen LogP contribution in [0.25, 0.3) is 10.4 Å². The van der Waals surface area contributed by atoms with Crippen LogP contribution in [0.2, 0.25) is 18.1 Å². The fourth-order valence-corrected chi connectivity index (χ4v) is 4.38. The Bertz CT molecular complexity index is 835. The highest BCUT2D eigenvalue weighted by Crippen LogP contribution is 2.40. The molecule has 1 aromatic rings. The first-order valence-electron chi connectivity index (χ1n) is 10.2. The molecule has 0 aliphatic carbocycles. The SMILES string of the molecule is CC(=O)OC1O[C@H](C)[C@@H](O[Si](C)(C)C(C)(C)C)[C@H](N=[N+]=[N-])[C@H]1OC(=O)c1ccccc1. The number of ether oxygens (including phenoxy) is 3. The first kappa shape index (κ1) is 24.9. The van der Waals surface area contributed by atoms with Crippen molar-refractivity contribution in [2.24, 2.45) is 5.11 Å². The molecule has 9 nitrogen and oxygen atoms in total. The summed E-state index contributed by atoms with van der Waals surface area (Å²) in [6, 6.07) is 7.43. The molecule has 1 heterocycles. The van der Waals surface area contributed by atoms with Gasteiger partial charge in [0.25, 0.3) is 0 Å². The zero-order valence-corrected chi connectivity index (χ0v) is 20.1. The van der Waals surface area contributed by atoms with Crippen molar-refractivity contribution in [2.45, 2.75) is 83.4 Å². The number of carbonyl (C=O) groups excluding carboxylic acids is 2. The van der Waals surface area contributed by atoms with Crippen LogP contribution >= 0.6 is 0 Å². The van der Waals surface area contributed by atoms with Gasteiger partial charge in [0.1, 0.15) is 6.04 Å². The molecule has 5 atom stereocenters. The van der Waals surface area contributed by atoms with Crippen LogP contribution in [0.1, 0.15) is 45.0 Å². The van der Waals surface area contributed by atoms with Crippen molar-refractivity contribution in [1.82, 2.24) is 0 Å². The monoisotopic (exact) mass is 449 g/mol. The highest BCUT2D eigenvalue weighted by Gasteiger charge is 2.51. The Labute approximate surface area is 183 Å². The lowest BCUT2D eigenvalue weighted by Gasteiger charge is -2.47. The van der Waals surface area contributed by atoms with Gasteiger partial charge in [0.05, 0.1) is 17.8 Å². The van der Waals surface area contributed by atoms with E-state index in [2.05, 4.69) is 43.9 Å². The van der Waals surface area contributed by atoms with Crippen molar-refractivity contribution >= 4 is 20.3 Å². The molecule has 1 aliphatic rings.